The van der Waals surface area contributed by atoms with Gasteiger partial charge in [0, 0.05) is 31.5 Å². The molecule has 1 N–H and O–H groups in total. The molecule has 0 aliphatic rings. The summed E-state index contributed by atoms with van der Waals surface area (Å²) < 4.78 is 0. The van der Waals surface area contributed by atoms with Gasteiger partial charge in [-0.1, -0.05) is 60.1 Å². The van der Waals surface area contributed by atoms with Crippen LogP contribution in [0.4, 0.5) is 0 Å². The summed E-state index contributed by atoms with van der Waals surface area (Å²) in [5, 5.41) is 3.44. The maximum Gasteiger partial charge on any atom is 0.243 e. The van der Waals surface area contributed by atoms with E-state index in [0.29, 0.717) is 24.5 Å². The molecule has 0 bridgehead atoms. The molecule has 0 fully saturated rings. The lowest BCUT2D eigenvalue weighted by molar-refractivity contribution is -0.139. The van der Waals surface area contributed by atoms with Gasteiger partial charge in [0.1, 0.15) is 6.04 Å². The van der Waals surface area contributed by atoms with Gasteiger partial charge in [-0.2, -0.15) is 0 Å². The van der Waals surface area contributed by atoms with Crippen LogP contribution in [0.15, 0.2) is 67.3 Å². The van der Waals surface area contributed by atoms with E-state index in [2.05, 4.69) is 11.9 Å². The van der Waals surface area contributed by atoms with Crippen molar-refractivity contribution in [2.75, 3.05) is 6.54 Å². The van der Waals surface area contributed by atoms with Crippen molar-refractivity contribution in [3.63, 3.8) is 0 Å². The zero-order chi connectivity index (χ0) is 18.9. The molecule has 0 spiro atoms. The van der Waals surface area contributed by atoms with Gasteiger partial charge in [0.05, 0.1) is 0 Å². The summed E-state index contributed by atoms with van der Waals surface area (Å²) in [5.41, 5.74) is 1.91. The molecule has 0 aliphatic heterocycles. The second-order valence-electron chi connectivity index (χ2n) is 6.01. The summed E-state index contributed by atoms with van der Waals surface area (Å²) in [6.45, 7) is 5.80. The van der Waals surface area contributed by atoms with Gasteiger partial charge in [-0.05, 0) is 23.3 Å². The Kier molecular flexibility index (Phi) is 7.42. The van der Waals surface area contributed by atoms with E-state index in [4.69, 9.17) is 11.6 Å². The lowest BCUT2D eigenvalue weighted by Crippen LogP contribution is -2.49. The minimum Gasteiger partial charge on any atom is -0.351 e. The van der Waals surface area contributed by atoms with E-state index in [-0.39, 0.29) is 11.8 Å². The van der Waals surface area contributed by atoms with Gasteiger partial charge in [0.25, 0.3) is 0 Å². The Hall–Kier alpha value is -2.59. The zero-order valence-electron chi connectivity index (χ0n) is 14.8. The van der Waals surface area contributed by atoms with Crippen molar-refractivity contribution < 1.29 is 9.59 Å². The Labute approximate surface area is 159 Å². The van der Waals surface area contributed by atoms with Gasteiger partial charge in [0.2, 0.25) is 11.8 Å². The summed E-state index contributed by atoms with van der Waals surface area (Å²) in [6.07, 6.45) is 2.06. The predicted molar refractivity (Wildman–Crippen MR) is 105 cm³/mol. The van der Waals surface area contributed by atoms with Crippen molar-refractivity contribution in [2.24, 2.45) is 0 Å². The van der Waals surface area contributed by atoms with E-state index in [0.717, 1.165) is 11.1 Å². The summed E-state index contributed by atoms with van der Waals surface area (Å²) in [5.74, 6) is -0.354. The maximum absolute atomic E-state index is 12.7. The molecule has 0 saturated carbocycles. The van der Waals surface area contributed by atoms with Gasteiger partial charge < -0.3 is 10.2 Å². The molecular formula is C21H23ClN2O2. The van der Waals surface area contributed by atoms with Crippen LogP contribution in [0.25, 0.3) is 0 Å². The number of halogens is 1. The molecule has 1 atom stereocenters. The third-order valence-electron chi connectivity index (χ3n) is 4.04. The molecule has 136 valence electrons. The summed E-state index contributed by atoms with van der Waals surface area (Å²) in [6, 6.07) is 16.3. The number of nitrogens with zero attached hydrogens (tertiary/aromatic N) is 1. The van der Waals surface area contributed by atoms with Crippen molar-refractivity contribution in [3.8, 4) is 0 Å². The van der Waals surface area contributed by atoms with Crippen LogP contribution >= 0.6 is 11.6 Å². The molecule has 5 heteroatoms. The first-order chi connectivity index (χ1) is 12.5. The van der Waals surface area contributed by atoms with Gasteiger partial charge in [-0.3, -0.25) is 9.59 Å². The second kappa shape index (κ2) is 9.78. The first-order valence-corrected chi connectivity index (χ1v) is 8.83. The van der Waals surface area contributed by atoms with Crippen LogP contribution in [0, 0.1) is 0 Å². The zero-order valence-corrected chi connectivity index (χ0v) is 15.6. The van der Waals surface area contributed by atoms with E-state index in [1.54, 1.807) is 23.1 Å². The number of benzene rings is 2. The fourth-order valence-electron chi connectivity index (χ4n) is 2.70. The maximum atomic E-state index is 12.7. The fourth-order valence-corrected chi connectivity index (χ4v) is 2.83. The highest BCUT2D eigenvalue weighted by Crippen LogP contribution is 2.16. The molecule has 4 nitrogen and oxygen atoms in total. The van der Waals surface area contributed by atoms with Crippen molar-refractivity contribution in [2.45, 2.75) is 25.9 Å². The molecule has 0 saturated heterocycles. The Morgan fingerprint density at radius 1 is 1.12 bits per heavy atom. The molecule has 0 aliphatic carbocycles. The minimum atomic E-state index is -0.606. The Morgan fingerprint density at radius 2 is 1.77 bits per heavy atom. The average Bonchev–Trinajstić information content (AvgIpc) is 2.64. The SMILES string of the molecule is C=CCNC(=O)C(Cc1ccccc1)N(Cc1ccc(Cl)cc1)C(C)=O. The molecule has 2 aromatic carbocycles. The number of amides is 2. The van der Waals surface area contributed by atoms with Crippen LogP contribution in [0.5, 0.6) is 0 Å². The predicted octanol–water partition coefficient (Wildman–Crippen LogP) is 3.60. The Bertz CT molecular complexity index is 744. The van der Waals surface area contributed by atoms with Crippen LogP contribution in [-0.2, 0) is 22.6 Å². The van der Waals surface area contributed by atoms with Crippen LogP contribution < -0.4 is 5.32 Å². The van der Waals surface area contributed by atoms with Crippen LogP contribution in [0.2, 0.25) is 5.02 Å². The highest BCUT2D eigenvalue weighted by Gasteiger charge is 2.28. The van der Waals surface area contributed by atoms with Crippen molar-refractivity contribution in [1.82, 2.24) is 10.2 Å². The van der Waals surface area contributed by atoms with Crippen molar-refractivity contribution in [3.05, 3.63) is 83.4 Å². The van der Waals surface area contributed by atoms with Gasteiger partial charge >= 0.3 is 0 Å². The van der Waals surface area contributed by atoms with Crippen molar-refractivity contribution >= 4 is 23.4 Å². The number of carbonyl (C=O) groups excluding carboxylic acids is 2. The second-order valence-corrected chi connectivity index (χ2v) is 6.45. The van der Waals surface area contributed by atoms with E-state index < -0.39 is 6.04 Å². The monoisotopic (exact) mass is 370 g/mol. The van der Waals surface area contributed by atoms with Gasteiger partial charge in [-0.25, -0.2) is 0 Å². The fraction of sp³-hybridized carbons (Fsp3) is 0.238. The van der Waals surface area contributed by atoms with Crippen LogP contribution in [0.3, 0.4) is 0 Å². The number of hydrogen-bond donors (Lipinski definition) is 1. The minimum absolute atomic E-state index is 0.158. The number of nitrogens with one attached hydrogen (secondary N) is 1. The van der Waals surface area contributed by atoms with Crippen LogP contribution in [0.1, 0.15) is 18.1 Å². The molecule has 2 aromatic rings. The molecular weight excluding hydrogens is 348 g/mol. The molecule has 2 amide bonds. The van der Waals surface area contributed by atoms with Gasteiger partial charge in [-0.15, -0.1) is 6.58 Å². The van der Waals surface area contributed by atoms with E-state index in [1.165, 1.54) is 6.92 Å². The quantitative estimate of drug-likeness (QED) is 0.722. The lowest BCUT2D eigenvalue weighted by atomic mass is 10.0. The molecule has 0 radical (unpaired) electrons. The summed E-state index contributed by atoms with van der Waals surface area (Å²) >= 11 is 5.93. The summed E-state index contributed by atoms with van der Waals surface area (Å²) in [4.78, 5) is 26.6. The number of carbonyl (C=O) groups is 2. The lowest BCUT2D eigenvalue weighted by Gasteiger charge is -2.30. The first kappa shape index (κ1) is 19.7. The highest BCUT2D eigenvalue weighted by molar-refractivity contribution is 6.30. The number of rotatable bonds is 8. The van der Waals surface area contributed by atoms with E-state index >= 15 is 0 Å². The van der Waals surface area contributed by atoms with Crippen molar-refractivity contribution in [1.29, 1.82) is 0 Å². The van der Waals surface area contributed by atoms with E-state index in [1.807, 2.05) is 42.5 Å². The molecule has 0 heterocycles. The normalized spacial score (nSPS) is 11.5. The molecule has 2 rings (SSSR count). The standard InChI is InChI=1S/C21H23ClN2O2/c1-3-13-23-21(26)20(14-17-7-5-4-6-8-17)24(16(2)25)15-18-9-11-19(22)12-10-18/h3-12,20H,1,13-15H2,2H3,(H,23,26). The van der Waals surface area contributed by atoms with Crippen LogP contribution in [-0.4, -0.2) is 29.3 Å². The Balaban J connectivity index is 2.27. The summed E-state index contributed by atoms with van der Waals surface area (Å²) in [7, 11) is 0. The van der Waals surface area contributed by atoms with Gasteiger partial charge in [0.15, 0.2) is 0 Å². The highest BCUT2D eigenvalue weighted by atomic mass is 35.5. The largest absolute Gasteiger partial charge is 0.351 e. The molecule has 1 unspecified atom stereocenters. The smallest absolute Gasteiger partial charge is 0.243 e. The topological polar surface area (TPSA) is 49.4 Å². The third-order valence-corrected chi connectivity index (χ3v) is 4.29. The average molecular weight is 371 g/mol. The third kappa shape index (κ3) is 5.74. The number of hydrogen-bond acceptors (Lipinski definition) is 2. The Morgan fingerprint density at radius 3 is 2.35 bits per heavy atom. The molecule has 26 heavy (non-hydrogen) atoms. The van der Waals surface area contributed by atoms with E-state index in [9.17, 15) is 9.59 Å². The first-order valence-electron chi connectivity index (χ1n) is 8.45. The molecule has 0 aromatic heterocycles.